The van der Waals surface area contributed by atoms with E-state index in [9.17, 15) is 9.18 Å². The lowest BCUT2D eigenvalue weighted by Gasteiger charge is -2.04. The maximum absolute atomic E-state index is 13.4. The number of halogens is 2. The third-order valence-electron chi connectivity index (χ3n) is 2.43. The quantitative estimate of drug-likeness (QED) is 0.810. The number of benzene rings is 1. The first-order valence-electron chi connectivity index (χ1n) is 5.21. The molecule has 0 atom stereocenters. The van der Waals surface area contributed by atoms with Crippen molar-refractivity contribution in [3.8, 4) is 5.75 Å². The molecule has 94 valence electrons. The molecule has 2 rings (SSSR count). The molecule has 0 radical (unpaired) electrons. The Morgan fingerprint density at radius 1 is 1.39 bits per heavy atom. The Morgan fingerprint density at radius 3 is 2.72 bits per heavy atom. The van der Waals surface area contributed by atoms with E-state index < -0.39 is 5.82 Å². The van der Waals surface area contributed by atoms with E-state index in [1.54, 1.807) is 18.2 Å². The zero-order valence-corrected chi connectivity index (χ0v) is 11.2. The molecule has 5 heteroatoms. The van der Waals surface area contributed by atoms with Crippen LogP contribution in [0.1, 0.15) is 16.1 Å². The molecule has 0 aliphatic carbocycles. The number of carbonyl (C=O) groups is 1. The number of ether oxygens (including phenoxy) is 1. The fourth-order valence-electron chi connectivity index (χ4n) is 1.56. The molecule has 18 heavy (non-hydrogen) atoms. The van der Waals surface area contributed by atoms with E-state index in [4.69, 9.17) is 9.15 Å². The number of Topliss-reactive ketones (excluding diaryl/α,β-unsaturated/α-hetero) is 1. The lowest BCUT2D eigenvalue weighted by molar-refractivity contribution is 0.0965. The molecule has 0 fully saturated rings. The third kappa shape index (κ3) is 2.79. The predicted molar refractivity (Wildman–Crippen MR) is 67.4 cm³/mol. The summed E-state index contributed by atoms with van der Waals surface area (Å²) >= 11 is 3.12. The van der Waals surface area contributed by atoms with Crippen molar-refractivity contribution in [2.75, 3.05) is 7.11 Å². The molecule has 0 aliphatic heterocycles. The Morgan fingerprint density at radius 2 is 2.17 bits per heavy atom. The molecule has 0 bridgehead atoms. The summed E-state index contributed by atoms with van der Waals surface area (Å²) in [6, 6.07) is 7.65. The zero-order chi connectivity index (χ0) is 13.1. The monoisotopic (exact) mass is 312 g/mol. The van der Waals surface area contributed by atoms with Crippen molar-refractivity contribution in [1.29, 1.82) is 0 Å². The van der Waals surface area contributed by atoms with E-state index in [1.165, 1.54) is 19.2 Å². The molecular weight excluding hydrogens is 303 g/mol. The Balaban J connectivity index is 2.14. The van der Waals surface area contributed by atoms with Crippen LogP contribution in [0.2, 0.25) is 0 Å². The highest BCUT2D eigenvalue weighted by Crippen LogP contribution is 2.20. The van der Waals surface area contributed by atoms with Crippen LogP contribution in [-0.4, -0.2) is 12.9 Å². The van der Waals surface area contributed by atoms with E-state index in [-0.39, 0.29) is 23.7 Å². The highest BCUT2D eigenvalue weighted by Gasteiger charge is 2.12. The van der Waals surface area contributed by atoms with Crippen molar-refractivity contribution in [1.82, 2.24) is 0 Å². The van der Waals surface area contributed by atoms with Crippen molar-refractivity contribution in [3.05, 3.63) is 52.1 Å². The Bertz CT molecular complexity index is 577. The fourth-order valence-corrected chi connectivity index (χ4v) is 1.86. The number of furan rings is 1. The van der Waals surface area contributed by atoms with Gasteiger partial charge >= 0.3 is 0 Å². The van der Waals surface area contributed by atoms with Gasteiger partial charge in [-0.2, -0.15) is 0 Å². The van der Waals surface area contributed by atoms with Crippen LogP contribution >= 0.6 is 15.9 Å². The second kappa shape index (κ2) is 5.35. The minimum Gasteiger partial charge on any atom is -0.494 e. The largest absolute Gasteiger partial charge is 0.494 e. The fraction of sp³-hybridized carbons (Fsp3) is 0.154. The summed E-state index contributed by atoms with van der Waals surface area (Å²) in [5.74, 6) is -0.279. The average Bonchev–Trinajstić information content (AvgIpc) is 2.76. The van der Waals surface area contributed by atoms with Gasteiger partial charge in [0.1, 0.15) is 0 Å². The molecule has 0 spiro atoms. The van der Waals surface area contributed by atoms with E-state index >= 15 is 0 Å². The molecule has 0 unspecified atom stereocenters. The van der Waals surface area contributed by atoms with Gasteiger partial charge in [-0.1, -0.05) is 6.07 Å². The maximum atomic E-state index is 13.4. The van der Waals surface area contributed by atoms with Crippen LogP contribution in [0.4, 0.5) is 4.39 Å². The van der Waals surface area contributed by atoms with Crippen molar-refractivity contribution in [2.24, 2.45) is 0 Å². The van der Waals surface area contributed by atoms with Gasteiger partial charge < -0.3 is 9.15 Å². The van der Waals surface area contributed by atoms with Gasteiger partial charge in [0.05, 0.1) is 7.11 Å². The van der Waals surface area contributed by atoms with Gasteiger partial charge in [0.2, 0.25) is 5.78 Å². The summed E-state index contributed by atoms with van der Waals surface area (Å²) in [6.07, 6.45) is 0.0842. The Hall–Kier alpha value is -1.62. The van der Waals surface area contributed by atoms with Crippen LogP contribution in [0.5, 0.6) is 5.75 Å². The number of rotatable bonds is 4. The second-order valence-electron chi connectivity index (χ2n) is 3.67. The summed E-state index contributed by atoms with van der Waals surface area (Å²) in [5.41, 5.74) is 0.575. The SMILES string of the molecule is COc1ccc(CC(=O)c2ccc(Br)o2)cc1F. The molecule has 1 heterocycles. The number of carbonyl (C=O) groups excluding carboxylic acids is 1. The standard InChI is InChI=1S/C13H10BrFO3/c1-17-11-3-2-8(6-9(11)15)7-10(16)12-4-5-13(14)18-12/h2-6H,7H2,1H3. The molecular formula is C13H10BrFO3. The van der Waals surface area contributed by atoms with Crippen molar-refractivity contribution in [3.63, 3.8) is 0 Å². The molecule has 0 saturated carbocycles. The normalized spacial score (nSPS) is 10.4. The first kappa shape index (κ1) is 12.8. The van der Waals surface area contributed by atoms with Gasteiger partial charge in [-0.25, -0.2) is 4.39 Å². The smallest absolute Gasteiger partial charge is 0.202 e. The van der Waals surface area contributed by atoms with E-state index in [1.807, 2.05) is 0 Å². The van der Waals surface area contributed by atoms with Crippen LogP contribution in [0.15, 0.2) is 39.4 Å². The van der Waals surface area contributed by atoms with Crippen molar-refractivity contribution < 1.29 is 18.3 Å². The first-order valence-corrected chi connectivity index (χ1v) is 6.00. The Labute approximate surface area is 112 Å². The van der Waals surface area contributed by atoms with Crippen LogP contribution in [-0.2, 0) is 6.42 Å². The van der Waals surface area contributed by atoms with Crippen LogP contribution < -0.4 is 4.74 Å². The van der Waals surface area contributed by atoms with E-state index in [0.717, 1.165) is 0 Å². The number of methoxy groups -OCH3 is 1. The van der Waals surface area contributed by atoms with Gasteiger partial charge in [-0.15, -0.1) is 0 Å². The summed E-state index contributed by atoms with van der Waals surface area (Å²) in [6.45, 7) is 0. The van der Waals surface area contributed by atoms with E-state index in [0.29, 0.717) is 10.2 Å². The van der Waals surface area contributed by atoms with Gasteiger partial charge in [-0.3, -0.25) is 4.79 Å². The van der Waals surface area contributed by atoms with Crippen molar-refractivity contribution in [2.45, 2.75) is 6.42 Å². The molecule has 1 aromatic carbocycles. The minimum absolute atomic E-state index is 0.0842. The lowest BCUT2D eigenvalue weighted by atomic mass is 10.1. The maximum Gasteiger partial charge on any atom is 0.202 e. The van der Waals surface area contributed by atoms with Crippen molar-refractivity contribution >= 4 is 21.7 Å². The molecule has 1 aromatic heterocycles. The molecule has 2 aromatic rings. The summed E-state index contributed by atoms with van der Waals surface area (Å²) in [5, 5.41) is 0. The zero-order valence-electron chi connectivity index (χ0n) is 9.57. The third-order valence-corrected chi connectivity index (χ3v) is 2.86. The molecule has 0 N–H and O–H groups in total. The first-order chi connectivity index (χ1) is 8.60. The van der Waals surface area contributed by atoms with Crippen LogP contribution in [0.3, 0.4) is 0 Å². The number of hydrogen-bond acceptors (Lipinski definition) is 3. The topological polar surface area (TPSA) is 39.4 Å². The second-order valence-corrected chi connectivity index (χ2v) is 4.45. The summed E-state index contributed by atoms with van der Waals surface area (Å²) in [7, 11) is 1.39. The van der Waals surface area contributed by atoms with Gasteiger partial charge in [-0.05, 0) is 45.8 Å². The number of hydrogen-bond donors (Lipinski definition) is 0. The molecule has 0 amide bonds. The summed E-state index contributed by atoms with van der Waals surface area (Å²) in [4.78, 5) is 11.8. The van der Waals surface area contributed by atoms with Gasteiger partial charge in [0.15, 0.2) is 22.0 Å². The van der Waals surface area contributed by atoms with Crippen LogP contribution in [0, 0.1) is 5.82 Å². The van der Waals surface area contributed by atoms with E-state index in [2.05, 4.69) is 15.9 Å². The molecule has 0 aliphatic rings. The molecule has 3 nitrogen and oxygen atoms in total. The summed E-state index contributed by atoms with van der Waals surface area (Å²) < 4.78 is 23.9. The highest BCUT2D eigenvalue weighted by molar-refractivity contribution is 9.10. The van der Waals surface area contributed by atoms with Crippen LogP contribution in [0.25, 0.3) is 0 Å². The highest BCUT2D eigenvalue weighted by atomic mass is 79.9. The minimum atomic E-state index is -0.483. The van der Waals surface area contributed by atoms with Gasteiger partial charge in [0.25, 0.3) is 0 Å². The molecule has 0 saturated heterocycles. The predicted octanol–water partition coefficient (Wildman–Crippen LogP) is 3.62. The number of ketones is 1. The Kier molecular flexibility index (Phi) is 3.81. The average molecular weight is 313 g/mol. The van der Waals surface area contributed by atoms with Gasteiger partial charge in [0, 0.05) is 6.42 Å². The lowest BCUT2D eigenvalue weighted by Crippen LogP contribution is -2.02.